The molecule has 0 unspecified atom stereocenters. The molecule has 0 saturated carbocycles. The monoisotopic (exact) mass is 353 g/mol. The number of hydrogen-bond donors (Lipinski definition) is 0. The van der Waals surface area contributed by atoms with Gasteiger partial charge in [-0.25, -0.2) is 9.69 Å². The Morgan fingerprint density at radius 1 is 1.00 bits per heavy atom. The van der Waals surface area contributed by atoms with Gasteiger partial charge in [0.15, 0.2) is 5.75 Å². The maximum absolute atomic E-state index is 12.8. The van der Waals surface area contributed by atoms with E-state index >= 15 is 0 Å². The first-order valence-electron chi connectivity index (χ1n) is 8.04. The number of imide groups is 1. The summed E-state index contributed by atoms with van der Waals surface area (Å²) < 4.78 is 5.46. The maximum Gasteiger partial charge on any atom is 0.353 e. The molecule has 0 bridgehead atoms. The second kappa shape index (κ2) is 6.29. The van der Waals surface area contributed by atoms with Gasteiger partial charge in [-0.05, 0) is 36.4 Å². The van der Waals surface area contributed by atoms with Crippen LogP contribution in [0.3, 0.4) is 0 Å². The Balaban J connectivity index is 1.66. The van der Waals surface area contributed by atoms with E-state index in [1.807, 2.05) is 12.2 Å². The Bertz CT molecular complexity index is 845. The van der Waals surface area contributed by atoms with Gasteiger partial charge in [-0.1, -0.05) is 30.4 Å². The van der Waals surface area contributed by atoms with Crippen LogP contribution >= 0.6 is 11.3 Å². The second-order valence-electron chi connectivity index (χ2n) is 6.00. The van der Waals surface area contributed by atoms with Crippen molar-refractivity contribution in [2.45, 2.75) is 12.8 Å². The summed E-state index contributed by atoms with van der Waals surface area (Å²) in [5.41, 5.74) is 0.330. The van der Waals surface area contributed by atoms with Crippen LogP contribution in [-0.2, 0) is 9.59 Å². The molecule has 1 fully saturated rings. The first kappa shape index (κ1) is 15.8. The van der Waals surface area contributed by atoms with E-state index in [0.29, 0.717) is 23.4 Å². The lowest BCUT2D eigenvalue weighted by atomic mass is 9.85. The van der Waals surface area contributed by atoms with E-state index in [-0.39, 0.29) is 29.4 Å². The average Bonchev–Trinajstić information content (AvgIpc) is 3.25. The van der Waals surface area contributed by atoms with Crippen molar-refractivity contribution in [1.82, 2.24) is 0 Å². The summed E-state index contributed by atoms with van der Waals surface area (Å²) in [5, 5.41) is 1.79. The Hall–Kier alpha value is -2.73. The van der Waals surface area contributed by atoms with Gasteiger partial charge in [-0.2, -0.15) is 0 Å². The molecule has 1 aromatic heterocycles. The summed E-state index contributed by atoms with van der Waals surface area (Å²) in [6.07, 6.45) is 5.03. The van der Waals surface area contributed by atoms with E-state index in [1.54, 1.807) is 41.8 Å². The normalized spacial score (nSPS) is 22.2. The minimum Gasteiger partial charge on any atom is -0.420 e. The number of allylic oxidation sites excluding steroid dienone is 2. The fraction of sp³-hybridized carbons (Fsp3) is 0.211. The van der Waals surface area contributed by atoms with Crippen molar-refractivity contribution in [3.05, 3.63) is 58.8 Å². The molecule has 0 spiro atoms. The number of para-hydroxylation sites is 2. The number of fused-ring (bicyclic) bond motifs is 1. The summed E-state index contributed by atoms with van der Waals surface area (Å²) in [7, 11) is 0. The van der Waals surface area contributed by atoms with Crippen LogP contribution in [0.2, 0.25) is 0 Å². The minimum atomic E-state index is -0.499. The molecule has 2 aromatic rings. The van der Waals surface area contributed by atoms with Gasteiger partial charge in [0.05, 0.1) is 17.5 Å². The molecule has 5 nitrogen and oxygen atoms in total. The van der Waals surface area contributed by atoms with Crippen LogP contribution in [0.5, 0.6) is 5.75 Å². The topological polar surface area (TPSA) is 63.7 Å². The number of rotatable bonds is 3. The molecule has 4 rings (SSSR count). The predicted molar refractivity (Wildman–Crippen MR) is 93.6 cm³/mol. The zero-order valence-corrected chi connectivity index (χ0v) is 14.1. The van der Waals surface area contributed by atoms with E-state index in [4.69, 9.17) is 4.74 Å². The molecular formula is C19H15NO4S. The van der Waals surface area contributed by atoms with Gasteiger partial charge < -0.3 is 4.74 Å². The number of carbonyl (C=O) groups is 3. The third-order valence-electron chi connectivity index (χ3n) is 4.54. The highest BCUT2D eigenvalue weighted by atomic mass is 32.1. The number of benzene rings is 1. The summed E-state index contributed by atoms with van der Waals surface area (Å²) in [6, 6.07) is 10.1. The summed E-state index contributed by atoms with van der Waals surface area (Å²) in [5.74, 6) is -1.37. The average molecular weight is 353 g/mol. The lowest BCUT2D eigenvalue weighted by Crippen LogP contribution is -2.31. The van der Waals surface area contributed by atoms with E-state index < -0.39 is 5.97 Å². The molecule has 2 heterocycles. The number of nitrogens with zero attached hydrogens (tertiary/aromatic N) is 1. The largest absolute Gasteiger partial charge is 0.420 e. The molecule has 1 aromatic carbocycles. The highest BCUT2D eigenvalue weighted by Gasteiger charge is 2.48. The second-order valence-corrected chi connectivity index (χ2v) is 6.95. The fourth-order valence-electron chi connectivity index (χ4n) is 3.31. The van der Waals surface area contributed by atoms with Crippen molar-refractivity contribution in [3.63, 3.8) is 0 Å². The number of esters is 1. The molecular weight excluding hydrogens is 338 g/mol. The quantitative estimate of drug-likeness (QED) is 0.367. The lowest BCUT2D eigenvalue weighted by molar-refractivity contribution is -0.122. The summed E-state index contributed by atoms with van der Waals surface area (Å²) in [6.45, 7) is 0. The van der Waals surface area contributed by atoms with Crippen LogP contribution in [0.1, 0.15) is 22.5 Å². The number of thiophene rings is 1. The van der Waals surface area contributed by atoms with E-state index in [9.17, 15) is 14.4 Å². The fourth-order valence-corrected chi connectivity index (χ4v) is 3.91. The summed E-state index contributed by atoms with van der Waals surface area (Å²) in [4.78, 5) is 39.4. The van der Waals surface area contributed by atoms with Crippen molar-refractivity contribution in [2.75, 3.05) is 4.90 Å². The molecule has 1 aliphatic heterocycles. The van der Waals surface area contributed by atoms with E-state index in [2.05, 4.69) is 0 Å². The number of carbonyl (C=O) groups excluding carboxylic acids is 3. The Morgan fingerprint density at radius 3 is 2.32 bits per heavy atom. The third-order valence-corrected chi connectivity index (χ3v) is 5.39. The minimum absolute atomic E-state index is 0.217. The van der Waals surface area contributed by atoms with Gasteiger partial charge in [-0.15, -0.1) is 11.3 Å². The molecule has 2 atom stereocenters. The van der Waals surface area contributed by atoms with Gasteiger partial charge in [-0.3, -0.25) is 9.59 Å². The SMILES string of the molecule is O=C(Oc1ccccc1N1C(=O)[C@H]2CC=CC[C@H]2C1=O)c1cccs1. The number of hydrogen-bond acceptors (Lipinski definition) is 5. The van der Waals surface area contributed by atoms with E-state index in [0.717, 1.165) is 0 Å². The van der Waals surface area contributed by atoms with Gasteiger partial charge in [0.1, 0.15) is 4.88 Å². The molecule has 2 aliphatic rings. The van der Waals surface area contributed by atoms with Crippen molar-refractivity contribution in [3.8, 4) is 5.75 Å². The van der Waals surface area contributed by atoms with Crippen LogP contribution in [0, 0.1) is 11.8 Å². The first-order valence-corrected chi connectivity index (χ1v) is 8.92. The molecule has 126 valence electrons. The van der Waals surface area contributed by atoms with Crippen molar-refractivity contribution in [2.24, 2.45) is 11.8 Å². The van der Waals surface area contributed by atoms with Crippen LogP contribution < -0.4 is 9.64 Å². The molecule has 0 N–H and O–H groups in total. The van der Waals surface area contributed by atoms with Crippen LogP contribution in [0.25, 0.3) is 0 Å². The van der Waals surface area contributed by atoms with Gasteiger partial charge in [0, 0.05) is 0 Å². The molecule has 1 aliphatic carbocycles. The molecule has 0 radical (unpaired) electrons. The number of amides is 2. The van der Waals surface area contributed by atoms with Crippen LogP contribution in [0.4, 0.5) is 5.69 Å². The standard InChI is InChI=1S/C19H15NO4S/c21-17-12-6-1-2-7-13(12)18(22)20(17)14-8-3-4-9-15(14)24-19(23)16-10-5-11-25-16/h1-5,8-13H,6-7H2/t12-,13+. The van der Waals surface area contributed by atoms with Crippen LogP contribution in [0.15, 0.2) is 53.9 Å². The van der Waals surface area contributed by atoms with Gasteiger partial charge in [0.2, 0.25) is 11.8 Å². The third kappa shape index (κ3) is 2.68. The molecule has 1 saturated heterocycles. The maximum atomic E-state index is 12.8. The zero-order chi connectivity index (χ0) is 17.4. The van der Waals surface area contributed by atoms with E-state index in [1.165, 1.54) is 16.2 Å². The highest BCUT2D eigenvalue weighted by Crippen LogP contribution is 2.40. The van der Waals surface area contributed by atoms with Crippen molar-refractivity contribution in [1.29, 1.82) is 0 Å². The highest BCUT2D eigenvalue weighted by molar-refractivity contribution is 7.12. The number of anilines is 1. The van der Waals surface area contributed by atoms with Crippen molar-refractivity contribution >= 4 is 34.8 Å². The zero-order valence-electron chi connectivity index (χ0n) is 13.3. The number of ether oxygens (including phenoxy) is 1. The van der Waals surface area contributed by atoms with Gasteiger partial charge in [0.25, 0.3) is 0 Å². The lowest BCUT2D eigenvalue weighted by Gasteiger charge is -2.18. The van der Waals surface area contributed by atoms with Crippen LogP contribution in [-0.4, -0.2) is 17.8 Å². The first-order chi connectivity index (χ1) is 12.2. The smallest absolute Gasteiger partial charge is 0.353 e. The molecule has 25 heavy (non-hydrogen) atoms. The van der Waals surface area contributed by atoms with Gasteiger partial charge >= 0.3 is 5.97 Å². The Morgan fingerprint density at radius 2 is 1.68 bits per heavy atom. The molecule has 6 heteroatoms. The molecule has 2 amide bonds. The Labute approximate surface area is 148 Å². The summed E-state index contributed by atoms with van der Waals surface area (Å²) >= 11 is 1.28. The Kier molecular flexibility index (Phi) is 3.97. The van der Waals surface area contributed by atoms with Crippen molar-refractivity contribution < 1.29 is 19.1 Å². The predicted octanol–water partition coefficient (Wildman–Crippen LogP) is 3.42.